The summed E-state index contributed by atoms with van der Waals surface area (Å²) in [6.45, 7) is -5.02. The van der Waals surface area contributed by atoms with Crippen LogP contribution in [-0.2, 0) is 14.9 Å². The first-order chi connectivity index (χ1) is 14.8. The molecule has 2 unspecified atom stereocenters. The number of benzene rings is 1. The molecule has 1 aliphatic heterocycles. The van der Waals surface area contributed by atoms with Gasteiger partial charge in [0.15, 0.2) is 5.79 Å². The van der Waals surface area contributed by atoms with E-state index in [2.05, 4.69) is 0 Å². The summed E-state index contributed by atoms with van der Waals surface area (Å²) < 4.78 is 64.0. The van der Waals surface area contributed by atoms with E-state index in [9.17, 15) is 5.11 Å². The maximum absolute atomic E-state index is 11.9. The van der Waals surface area contributed by atoms with Crippen LogP contribution in [0.2, 0.25) is 0 Å². The fourth-order valence-electron chi connectivity index (χ4n) is 4.83. The minimum absolute atomic E-state index is 0.0826. The first kappa shape index (κ1) is 12.1. The van der Waals surface area contributed by atoms with E-state index in [1.54, 1.807) is 13.2 Å². The number of aliphatic hydroxyl groups is 1. The number of nitrogens with zero attached hydrogens (tertiary/aromatic N) is 1. The second kappa shape index (κ2) is 6.34. The van der Waals surface area contributed by atoms with Gasteiger partial charge in [-0.1, -0.05) is 18.2 Å². The standard InChI is InChI=1S/C21H29NO4/c1-22(2)11-10-19-15-21(25-12-13-26-21)9-8-20(19,23)7-6-16-4-5-17(24-3)14-18(16)19/h4-7,14,23H,8-13,15H2,1-3H3/i1D3,2D3. The summed E-state index contributed by atoms with van der Waals surface area (Å²) >= 11 is 0. The highest BCUT2D eigenvalue weighted by atomic mass is 16.7. The summed E-state index contributed by atoms with van der Waals surface area (Å²) in [6, 6.07) is 5.54. The van der Waals surface area contributed by atoms with Crippen molar-refractivity contribution in [2.24, 2.45) is 0 Å². The molecule has 0 aromatic heterocycles. The van der Waals surface area contributed by atoms with Crippen molar-refractivity contribution in [3.63, 3.8) is 0 Å². The van der Waals surface area contributed by atoms with Crippen LogP contribution in [0.3, 0.4) is 0 Å². The van der Waals surface area contributed by atoms with Crippen LogP contribution in [0.4, 0.5) is 0 Å². The molecule has 26 heavy (non-hydrogen) atoms. The Morgan fingerprint density at radius 3 is 2.81 bits per heavy atom. The van der Waals surface area contributed by atoms with Crippen LogP contribution in [0.1, 0.15) is 45.0 Å². The molecule has 1 N–H and O–H groups in total. The van der Waals surface area contributed by atoms with Gasteiger partial charge in [-0.2, -0.15) is 0 Å². The molecule has 1 saturated carbocycles. The van der Waals surface area contributed by atoms with Crippen LogP contribution in [-0.4, -0.2) is 62.2 Å². The second-order valence-corrected chi connectivity index (χ2v) is 7.48. The average Bonchev–Trinajstić information content (AvgIpc) is 3.15. The SMILES string of the molecule is [2H]C([2H])([2H])N(CCC12CC3(CCC1(O)C=Cc1ccc(OC)cc12)OCCO3)C([2H])([2H])[2H]. The third kappa shape index (κ3) is 2.69. The molecule has 1 heterocycles. The highest BCUT2D eigenvalue weighted by Crippen LogP contribution is 2.57. The summed E-state index contributed by atoms with van der Waals surface area (Å²) in [5, 5.41) is 11.9. The van der Waals surface area contributed by atoms with Gasteiger partial charge in [0.05, 0.1) is 25.9 Å². The van der Waals surface area contributed by atoms with Crippen molar-refractivity contribution < 1.29 is 27.5 Å². The zero-order valence-electron chi connectivity index (χ0n) is 21.0. The summed E-state index contributed by atoms with van der Waals surface area (Å²) in [7, 11) is 1.55. The Morgan fingerprint density at radius 2 is 2.08 bits per heavy atom. The normalized spacial score (nSPS) is 36.3. The quantitative estimate of drug-likeness (QED) is 0.889. The van der Waals surface area contributed by atoms with Gasteiger partial charge in [0.2, 0.25) is 0 Å². The lowest BCUT2D eigenvalue weighted by Crippen LogP contribution is -2.61. The van der Waals surface area contributed by atoms with Crippen LogP contribution < -0.4 is 4.74 Å². The summed E-state index contributed by atoms with van der Waals surface area (Å²) in [5.74, 6) is -0.306. The van der Waals surface area contributed by atoms with Gasteiger partial charge in [0.1, 0.15) is 5.75 Å². The van der Waals surface area contributed by atoms with Crippen LogP contribution in [0.5, 0.6) is 5.75 Å². The molecule has 1 saturated heterocycles. The Bertz CT molecular complexity index is 881. The molecule has 0 bridgehead atoms. The van der Waals surface area contributed by atoms with Gasteiger partial charge in [0.25, 0.3) is 0 Å². The molecule has 4 rings (SSSR count). The Hall–Kier alpha value is -1.40. The third-order valence-electron chi connectivity index (χ3n) is 6.18. The third-order valence-corrected chi connectivity index (χ3v) is 6.18. The molecule has 2 aliphatic carbocycles. The number of methoxy groups -OCH3 is 1. The second-order valence-electron chi connectivity index (χ2n) is 7.48. The van der Waals surface area contributed by atoms with Gasteiger partial charge in [0, 0.05) is 26.5 Å². The zero-order valence-corrected chi connectivity index (χ0v) is 15.0. The summed E-state index contributed by atoms with van der Waals surface area (Å²) in [6.07, 6.45) is 4.78. The molecule has 142 valence electrons. The lowest BCUT2D eigenvalue weighted by atomic mass is 9.54. The smallest absolute Gasteiger partial charge is 0.169 e. The average molecular weight is 366 g/mol. The first-order valence-electron chi connectivity index (χ1n) is 12.0. The van der Waals surface area contributed by atoms with Crippen LogP contribution in [0, 0.1) is 0 Å². The van der Waals surface area contributed by atoms with E-state index in [-0.39, 0.29) is 19.4 Å². The van der Waals surface area contributed by atoms with Gasteiger partial charge in [-0.25, -0.2) is 0 Å². The van der Waals surface area contributed by atoms with Crippen molar-refractivity contribution in [2.75, 3.05) is 40.8 Å². The summed E-state index contributed by atoms with van der Waals surface area (Å²) in [5.41, 5.74) is -0.707. The fourth-order valence-corrected chi connectivity index (χ4v) is 4.83. The van der Waals surface area contributed by atoms with Gasteiger partial charge in [-0.3, -0.25) is 0 Å². The molecule has 5 heteroatoms. The molecule has 1 aromatic carbocycles. The Kier molecular flexibility index (Phi) is 2.96. The van der Waals surface area contributed by atoms with E-state index in [0.717, 1.165) is 11.1 Å². The van der Waals surface area contributed by atoms with E-state index in [4.69, 9.17) is 22.4 Å². The van der Waals surface area contributed by atoms with E-state index >= 15 is 0 Å². The van der Waals surface area contributed by atoms with Gasteiger partial charge >= 0.3 is 0 Å². The van der Waals surface area contributed by atoms with Gasteiger partial charge in [-0.05, 0) is 56.6 Å². The molecule has 1 aromatic rings. The molecule has 5 nitrogen and oxygen atoms in total. The number of hydrogen-bond donors (Lipinski definition) is 1. The number of hydrogen-bond acceptors (Lipinski definition) is 5. The molecular weight excluding hydrogens is 330 g/mol. The Labute approximate surface area is 164 Å². The fraction of sp³-hybridized carbons (Fsp3) is 0.619. The molecule has 2 atom stereocenters. The molecule has 0 amide bonds. The highest BCUT2D eigenvalue weighted by Gasteiger charge is 2.61. The van der Waals surface area contributed by atoms with Crippen LogP contribution >= 0.6 is 0 Å². The van der Waals surface area contributed by atoms with E-state index in [1.165, 1.54) is 0 Å². The van der Waals surface area contributed by atoms with Crippen molar-refractivity contribution in [3.05, 3.63) is 35.4 Å². The molecule has 0 radical (unpaired) electrons. The van der Waals surface area contributed by atoms with Gasteiger partial charge < -0.3 is 24.2 Å². The minimum Gasteiger partial charge on any atom is -0.497 e. The van der Waals surface area contributed by atoms with Gasteiger partial charge in [-0.15, -0.1) is 0 Å². The minimum atomic E-state index is -2.81. The number of ether oxygens (including phenoxy) is 3. The Morgan fingerprint density at radius 1 is 1.27 bits per heavy atom. The number of rotatable bonds is 4. The first-order valence-corrected chi connectivity index (χ1v) is 9.00. The van der Waals surface area contributed by atoms with Crippen molar-refractivity contribution >= 4 is 6.08 Å². The molecule has 2 fully saturated rings. The van der Waals surface area contributed by atoms with Crippen LogP contribution in [0.15, 0.2) is 24.3 Å². The maximum atomic E-state index is 11.9. The zero-order chi connectivity index (χ0) is 23.4. The van der Waals surface area contributed by atoms with E-state index in [0.29, 0.717) is 36.7 Å². The van der Waals surface area contributed by atoms with Crippen molar-refractivity contribution in [1.29, 1.82) is 0 Å². The molecular formula is C21H29NO4. The largest absolute Gasteiger partial charge is 0.497 e. The number of fused-ring (bicyclic) bond motifs is 3. The van der Waals surface area contributed by atoms with E-state index in [1.807, 2.05) is 24.3 Å². The molecule has 1 spiro atoms. The van der Waals surface area contributed by atoms with Crippen LogP contribution in [0.25, 0.3) is 6.08 Å². The van der Waals surface area contributed by atoms with Crippen molar-refractivity contribution in [1.82, 2.24) is 4.90 Å². The van der Waals surface area contributed by atoms with Crippen molar-refractivity contribution in [3.8, 4) is 5.75 Å². The topological polar surface area (TPSA) is 51.2 Å². The highest BCUT2D eigenvalue weighted by molar-refractivity contribution is 5.64. The summed E-state index contributed by atoms with van der Waals surface area (Å²) in [4.78, 5) is 0.547. The lowest BCUT2D eigenvalue weighted by molar-refractivity contribution is -0.223. The maximum Gasteiger partial charge on any atom is 0.169 e. The van der Waals surface area contributed by atoms with E-state index < -0.39 is 30.8 Å². The molecule has 3 aliphatic rings. The Balaban J connectivity index is 1.82. The monoisotopic (exact) mass is 365 g/mol. The lowest BCUT2D eigenvalue weighted by Gasteiger charge is -2.56. The predicted molar refractivity (Wildman–Crippen MR) is 100 cm³/mol. The van der Waals surface area contributed by atoms with Crippen molar-refractivity contribution in [2.45, 2.75) is 42.5 Å². The predicted octanol–water partition coefficient (Wildman–Crippen LogP) is 2.57.